The zero-order chi connectivity index (χ0) is 11.3. The number of hydrogen-bond acceptors (Lipinski definition) is 3. The van der Waals surface area contributed by atoms with Gasteiger partial charge in [0.2, 0.25) is 0 Å². The summed E-state index contributed by atoms with van der Waals surface area (Å²) in [5.74, 6) is -0.333. The van der Waals surface area contributed by atoms with Gasteiger partial charge in [-0.05, 0) is 25.1 Å². The molecule has 0 radical (unpaired) electrons. The Balaban J connectivity index is 2.61. The van der Waals surface area contributed by atoms with Crippen LogP contribution in [0.4, 0.5) is 0 Å². The van der Waals surface area contributed by atoms with Crippen LogP contribution in [0.3, 0.4) is 0 Å². The molecule has 0 bridgehead atoms. The predicted octanol–water partition coefficient (Wildman–Crippen LogP) is 2.64. The Kier molecular flexibility index (Phi) is 4.78. The summed E-state index contributed by atoms with van der Waals surface area (Å²) < 4.78 is 10.9. The van der Waals surface area contributed by atoms with Gasteiger partial charge in [0.1, 0.15) is 6.10 Å². The summed E-state index contributed by atoms with van der Waals surface area (Å²) in [6.45, 7) is 2.19. The van der Waals surface area contributed by atoms with E-state index in [-0.39, 0.29) is 12.1 Å². The van der Waals surface area contributed by atoms with Crippen molar-refractivity contribution in [1.29, 1.82) is 0 Å². The van der Waals surface area contributed by atoms with Crippen LogP contribution in [0.5, 0.6) is 0 Å². The van der Waals surface area contributed by atoms with Gasteiger partial charge in [0.25, 0.3) is 0 Å². The van der Waals surface area contributed by atoms with Gasteiger partial charge in [0, 0.05) is 11.6 Å². The van der Waals surface area contributed by atoms with E-state index in [1.54, 1.807) is 32.2 Å². The average molecular weight is 273 g/mol. The summed E-state index contributed by atoms with van der Waals surface area (Å²) in [5.41, 5.74) is 0.535. The molecule has 0 aliphatic carbocycles. The second-order valence-corrected chi connectivity index (χ2v) is 4.10. The van der Waals surface area contributed by atoms with E-state index in [1.807, 2.05) is 6.07 Å². The molecule has 15 heavy (non-hydrogen) atoms. The van der Waals surface area contributed by atoms with Crippen molar-refractivity contribution in [3.63, 3.8) is 0 Å². The lowest BCUT2D eigenvalue weighted by Crippen LogP contribution is -2.19. The second kappa shape index (κ2) is 5.88. The van der Waals surface area contributed by atoms with E-state index in [0.717, 1.165) is 4.47 Å². The molecule has 1 rings (SSSR count). The number of hydrogen-bond donors (Lipinski definition) is 0. The first kappa shape index (κ1) is 12.2. The Morgan fingerprint density at radius 1 is 1.53 bits per heavy atom. The van der Waals surface area contributed by atoms with Crippen molar-refractivity contribution in [2.45, 2.75) is 13.0 Å². The van der Waals surface area contributed by atoms with Gasteiger partial charge in [-0.1, -0.05) is 22.0 Å². The van der Waals surface area contributed by atoms with Crippen LogP contribution in [0.1, 0.15) is 17.3 Å². The molecule has 0 N–H and O–H groups in total. The molecule has 0 saturated carbocycles. The number of carbonyl (C=O) groups excluding carboxylic acids is 1. The minimum atomic E-state index is -0.333. The average Bonchev–Trinajstić information content (AvgIpc) is 2.18. The number of ether oxygens (including phenoxy) is 2. The maximum absolute atomic E-state index is 11.6. The zero-order valence-corrected chi connectivity index (χ0v) is 10.3. The molecule has 1 aromatic rings. The van der Waals surface area contributed by atoms with E-state index in [2.05, 4.69) is 15.9 Å². The van der Waals surface area contributed by atoms with Crippen molar-refractivity contribution in [2.75, 3.05) is 13.7 Å². The quantitative estimate of drug-likeness (QED) is 0.791. The minimum Gasteiger partial charge on any atom is -0.457 e. The highest BCUT2D eigenvalue weighted by atomic mass is 79.9. The van der Waals surface area contributed by atoms with Gasteiger partial charge in [0.15, 0.2) is 0 Å². The number of carbonyl (C=O) groups is 1. The van der Waals surface area contributed by atoms with Crippen molar-refractivity contribution in [3.8, 4) is 0 Å². The van der Waals surface area contributed by atoms with Crippen LogP contribution in [0.2, 0.25) is 0 Å². The van der Waals surface area contributed by atoms with E-state index < -0.39 is 0 Å². The van der Waals surface area contributed by atoms with Gasteiger partial charge in [-0.2, -0.15) is 0 Å². The lowest BCUT2D eigenvalue weighted by Gasteiger charge is -2.11. The number of esters is 1. The van der Waals surface area contributed by atoms with Crippen LogP contribution >= 0.6 is 15.9 Å². The summed E-state index contributed by atoms with van der Waals surface area (Å²) in [5, 5.41) is 0. The van der Waals surface area contributed by atoms with Gasteiger partial charge in [-0.15, -0.1) is 0 Å². The van der Waals surface area contributed by atoms with Gasteiger partial charge < -0.3 is 9.47 Å². The molecule has 1 atom stereocenters. The van der Waals surface area contributed by atoms with Crippen LogP contribution in [0.15, 0.2) is 28.7 Å². The summed E-state index contributed by atoms with van der Waals surface area (Å²) in [6, 6.07) is 7.09. The number of halogens is 1. The molecule has 1 aromatic carbocycles. The molecule has 82 valence electrons. The minimum absolute atomic E-state index is 0.235. The van der Waals surface area contributed by atoms with Gasteiger partial charge in [0.05, 0.1) is 12.2 Å². The summed E-state index contributed by atoms with van der Waals surface area (Å²) in [6.07, 6.45) is -0.235. The molecule has 0 aliphatic rings. The van der Waals surface area contributed by atoms with E-state index in [0.29, 0.717) is 12.2 Å². The van der Waals surface area contributed by atoms with E-state index >= 15 is 0 Å². The highest BCUT2D eigenvalue weighted by molar-refractivity contribution is 9.10. The molecule has 0 spiro atoms. The zero-order valence-electron chi connectivity index (χ0n) is 8.70. The Bertz CT molecular complexity index is 338. The fourth-order valence-corrected chi connectivity index (χ4v) is 1.53. The van der Waals surface area contributed by atoms with Crippen molar-refractivity contribution >= 4 is 21.9 Å². The molecule has 0 aromatic heterocycles. The molecule has 1 unspecified atom stereocenters. The first-order chi connectivity index (χ1) is 7.13. The van der Waals surface area contributed by atoms with Crippen LogP contribution in [-0.4, -0.2) is 25.8 Å². The number of methoxy groups -OCH3 is 1. The van der Waals surface area contributed by atoms with Crippen molar-refractivity contribution in [3.05, 3.63) is 34.3 Å². The third kappa shape index (κ3) is 4.01. The Hall–Kier alpha value is -0.870. The van der Waals surface area contributed by atoms with Crippen molar-refractivity contribution in [1.82, 2.24) is 0 Å². The van der Waals surface area contributed by atoms with E-state index in [4.69, 9.17) is 9.47 Å². The maximum Gasteiger partial charge on any atom is 0.338 e. The van der Waals surface area contributed by atoms with Gasteiger partial charge in [-0.25, -0.2) is 4.79 Å². The Morgan fingerprint density at radius 2 is 2.27 bits per heavy atom. The van der Waals surface area contributed by atoms with Crippen LogP contribution in [0, 0.1) is 0 Å². The smallest absolute Gasteiger partial charge is 0.338 e. The highest BCUT2D eigenvalue weighted by Crippen LogP contribution is 2.13. The molecule has 0 aliphatic heterocycles. The topological polar surface area (TPSA) is 35.5 Å². The summed E-state index contributed by atoms with van der Waals surface area (Å²) in [7, 11) is 1.57. The highest BCUT2D eigenvalue weighted by Gasteiger charge is 2.11. The second-order valence-electron chi connectivity index (χ2n) is 3.18. The molecule has 0 heterocycles. The number of benzene rings is 1. The first-order valence-electron chi connectivity index (χ1n) is 4.59. The molecular formula is C11H13BrO3. The summed E-state index contributed by atoms with van der Waals surface area (Å²) >= 11 is 3.29. The van der Waals surface area contributed by atoms with E-state index in [9.17, 15) is 4.79 Å². The molecule has 4 heteroatoms. The first-order valence-corrected chi connectivity index (χ1v) is 5.38. The molecule has 0 amide bonds. The summed E-state index contributed by atoms with van der Waals surface area (Å²) in [4.78, 5) is 11.6. The lowest BCUT2D eigenvalue weighted by atomic mass is 10.2. The normalized spacial score (nSPS) is 12.2. The Morgan fingerprint density at radius 3 is 2.87 bits per heavy atom. The lowest BCUT2D eigenvalue weighted by molar-refractivity contribution is 0.0120. The molecule has 0 saturated heterocycles. The predicted molar refractivity (Wildman–Crippen MR) is 60.9 cm³/mol. The fraction of sp³-hybridized carbons (Fsp3) is 0.364. The monoisotopic (exact) mass is 272 g/mol. The van der Waals surface area contributed by atoms with Gasteiger partial charge in [-0.3, -0.25) is 0 Å². The van der Waals surface area contributed by atoms with E-state index in [1.165, 1.54) is 0 Å². The standard InChI is InChI=1S/C11H13BrO3/c1-8(7-14-2)15-11(13)9-4-3-5-10(12)6-9/h3-6,8H,7H2,1-2H3. The van der Waals surface area contributed by atoms with Crippen molar-refractivity contribution in [2.24, 2.45) is 0 Å². The largest absolute Gasteiger partial charge is 0.457 e. The third-order valence-corrected chi connectivity index (χ3v) is 2.26. The maximum atomic E-state index is 11.6. The van der Waals surface area contributed by atoms with Crippen LogP contribution < -0.4 is 0 Å². The van der Waals surface area contributed by atoms with Gasteiger partial charge >= 0.3 is 5.97 Å². The SMILES string of the molecule is COCC(C)OC(=O)c1cccc(Br)c1. The molecular weight excluding hydrogens is 260 g/mol. The molecule has 0 fully saturated rings. The Labute approximate surface area is 97.5 Å². The number of rotatable bonds is 4. The van der Waals surface area contributed by atoms with Crippen LogP contribution in [-0.2, 0) is 9.47 Å². The third-order valence-electron chi connectivity index (χ3n) is 1.77. The molecule has 3 nitrogen and oxygen atoms in total. The van der Waals surface area contributed by atoms with Crippen molar-refractivity contribution < 1.29 is 14.3 Å². The fourth-order valence-electron chi connectivity index (χ4n) is 1.13. The van der Waals surface area contributed by atoms with Crippen LogP contribution in [0.25, 0.3) is 0 Å².